The molecule has 5 heteroatoms. The molecule has 3 nitrogen and oxygen atoms in total. The third kappa shape index (κ3) is 3.29. The highest BCUT2D eigenvalue weighted by Gasteiger charge is 2.08. The third-order valence-electron chi connectivity index (χ3n) is 2.59. The third-order valence-corrected chi connectivity index (χ3v) is 2.82. The van der Waals surface area contributed by atoms with E-state index < -0.39 is 5.82 Å². The molecule has 0 aromatic heterocycles. The summed E-state index contributed by atoms with van der Waals surface area (Å²) in [4.78, 5) is 0. The summed E-state index contributed by atoms with van der Waals surface area (Å²) in [5, 5.41) is 0.350. The predicted octanol–water partition coefficient (Wildman–Crippen LogP) is 3.65. The molecule has 0 aliphatic carbocycles. The Bertz CT molecular complexity index is 590. The van der Waals surface area contributed by atoms with Crippen molar-refractivity contribution in [2.45, 2.75) is 6.61 Å². The van der Waals surface area contributed by atoms with Gasteiger partial charge in [-0.05, 0) is 24.3 Å². The summed E-state index contributed by atoms with van der Waals surface area (Å²) in [6, 6.07) is 9.47. The predicted molar refractivity (Wildman–Crippen MR) is 73.1 cm³/mol. The van der Waals surface area contributed by atoms with Crippen LogP contribution in [0, 0.1) is 5.82 Å². The van der Waals surface area contributed by atoms with Crippen LogP contribution in [0.4, 0.5) is 10.1 Å². The van der Waals surface area contributed by atoms with Crippen molar-refractivity contribution in [1.82, 2.24) is 0 Å². The lowest BCUT2D eigenvalue weighted by Crippen LogP contribution is -2.00. The van der Waals surface area contributed by atoms with Crippen LogP contribution in [0.1, 0.15) is 5.56 Å². The fourth-order valence-corrected chi connectivity index (χ4v) is 1.76. The fourth-order valence-electron chi connectivity index (χ4n) is 1.60. The van der Waals surface area contributed by atoms with Crippen molar-refractivity contribution in [1.29, 1.82) is 0 Å². The second-order valence-electron chi connectivity index (χ2n) is 3.93. The van der Waals surface area contributed by atoms with Crippen LogP contribution in [0.2, 0.25) is 5.02 Å². The maximum atomic E-state index is 13.6. The van der Waals surface area contributed by atoms with Gasteiger partial charge in [0.15, 0.2) is 11.5 Å². The van der Waals surface area contributed by atoms with Crippen LogP contribution >= 0.6 is 11.6 Å². The molecule has 0 saturated carbocycles. The summed E-state index contributed by atoms with van der Waals surface area (Å²) < 4.78 is 24.3. The molecule has 2 N–H and O–H groups in total. The Morgan fingerprint density at radius 1 is 1.16 bits per heavy atom. The van der Waals surface area contributed by atoms with Crippen LogP contribution in [0.5, 0.6) is 11.5 Å². The molecule has 0 aliphatic heterocycles. The van der Waals surface area contributed by atoms with Crippen LogP contribution in [-0.4, -0.2) is 7.11 Å². The summed E-state index contributed by atoms with van der Waals surface area (Å²) in [7, 11) is 1.53. The monoisotopic (exact) mass is 281 g/mol. The molecule has 0 fully saturated rings. The Kier molecular flexibility index (Phi) is 4.12. The average Bonchev–Trinajstić information content (AvgIpc) is 2.38. The first kappa shape index (κ1) is 13.5. The SMILES string of the molecule is COc1ccc(N)cc1OCc1ccc(Cl)cc1F. The number of methoxy groups -OCH3 is 1. The largest absolute Gasteiger partial charge is 0.493 e. The molecule has 2 aromatic carbocycles. The van der Waals surface area contributed by atoms with Gasteiger partial charge in [0, 0.05) is 22.3 Å². The first-order valence-electron chi connectivity index (χ1n) is 5.60. The molecule has 0 spiro atoms. The molecule has 0 atom stereocenters. The number of nitrogen functional groups attached to an aromatic ring is 1. The Hall–Kier alpha value is -1.94. The minimum atomic E-state index is -0.407. The van der Waals surface area contributed by atoms with Crippen molar-refractivity contribution in [3.63, 3.8) is 0 Å². The number of ether oxygens (including phenoxy) is 2. The average molecular weight is 282 g/mol. The van der Waals surface area contributed by atoms with Gasteiger partial charge < -0.3 is 15.2 Å². The van der Waals surface area contributed by atoms with E-state index in [0.29, 0.717) is 27.8 Å². The van der Waals surface area contributed by atoms with Crippen molar-refractivity contribution < 1.29 is 13.9 Å². The topological polar surface area (TPSA) is 44.5 Å². The smallest absolute Gasteiger partial charge is 0.163 e. The van der Waals surface area contributed by atoms with E-state index in [1.54, 1.807) is 30.3 Å². The molecular weight excluding hydrogens is 269 g/mol. The summed E-state index contributed by atoms with van der Waals surface area (Å²) in [5.41, 5.74) is 6.63. The lowest BCUT2D eigenvalue weighted by molar-refractivity contribution is 0.280. The highest BCUT2D eigenvalue weighted by atomic mass is 35.5. The van der Waals surface area contributed by atoms with Crippen molar-refractivity contribution in [2.24, 2.45) is 0 Å². The lowest BCUT2D eigenvalue weighted by atomic mass is 10.2. The van der Waals surface area contributed by atoms with Crippen LogP contribution in [0.3, 0.4) is 0 Å². The Balaban J connectivity index is 2.16. The summed E-state index contributed by atoms with van der Waals surface area (Å²) in [6.07, 6.45) is 0. The van der Waals surface area contributed by atoms with Crippen molar-refractivity contribution in [3.8, 4) is 11.5 Å². The molecule has 19 heavy (non-hydrogen) atoms. The Morgan fingerprint density at radius 3 is 2.63 bits per heavy atom. The molecule has 0 heterocycles. The molecule has 0 radical (unpaired) electrons. The summed E-state index contributed by atoms with van der Waals surface area (Å²) in [5.74, 6) is 0.607. The number of halogens is 2. The second-order valence-corrected chi connectivity index (χ2v) is 4.37. The van der Waals surface area contributed by atoms with Gasteiger partial charge in [0.2, 0.25) is 0 Å². The van der Waals surface area contributed by atoms with Crippen molar-refractivity contribution in [2.75, 3.05) is 12.8 Å². The molecule has 2 aromatic rings. The normalized spacial score (nSPS) is 10.3. The van der Waals surface area contributed by atoms with Crippen LogP contribution < -0.4 is 15.2 Å². The molecule has 0 bridgehead atoms. The van der Waals surface area contributed by atoms with E-state index in [2.05, 4.69) is 0 Å². The Morgan fingerprint density at radius 2 is 1.95 bits per heavy atom. The lowest BCUT2D eigenvalue weighted by Gasteiger charge is -2.11. The zero-order valence-corrected chi connectivity index (χ0v) is 11.1. The number of nitrogens with two attached hydrogens (primary N) is 1. The zero-order chi connectivity index (χ0) is 13.8. The number of anilines is 1. The molecule has 0 aliphatic rings. The van der Waals surface area contributed by atoms with E-state index in [1.807, 2.05) is 0 Å². The van der Waals surface area contributed by atoms with Crippen LogP contribution in [0.25, 0.3) is 0 Å². The number of hydrogen-bond acceptors (Lipinski definition) is 3. The first-order valence-corrected chi connectivity index (χ1v) is 5.98. The van der Waals surface area contributed by atoms with Gasteiger partial charge >= 0.3 is 0 Å². The van der Waals surface area contributed by atoms with Crippen molar-refractivity contribution >= 4 is 17.3 Å². The van der Waals surface area contributed by atoms with Gasteiger partial charge in [-0.15, -0.1) is 0 Å². The van der Waals surface area contributed by atoms with Crippen molar-refractivity contribution in [3.05, 3.63) is 52.8 Å². The van der Waals surface area contributed by atoms with Gasteiger partial charge in [0.05, 0.1) is 7.11 Å². The van der Waals surface area contributed by atoms with Gasteiger partial charge in [0.1, 0.15) is 12.4 Å². The quantitative estimate of drug-likeness (QED) is 0.870. The Labute approximate surface area is 115 Å². The molecular formula is C14H13ClFNO2. The number of benzene rings is 2. The second kappa shape index (κ2) is 5.80. The number of hydrogen-bond donors (Lipinski definition) is 1. The molecule has 0 unspecified atom stereocenters. The fraction of sp³-hybridized carbons (Fsp3) is 0.143. The van der Waals surface area contributed by atoms with Gasteiger partial charge in [0.25, 0.3) is 0 Å². The van der Waals surface area contributed by atoms with Gasteiger partial charge in [-0.1, -0.05) is 17.7 Å². The summed E-state index contributed by atoms with van der Waals surface area (Å²) in [6.45, 7) is 0.0722. The standard InChI is InChI=1S/C14H13ClFNO2/c1-18-13-5-4-11(17)7-14(13)19-8-9-2-3-10(15)6-12(9)16/h2-7H,8,17H2,1H3. The molecule has 100 valence electrons. The van der Waals surface area contributed by atoms with E-state index in [4.69, 9.17) is 26.8 Å². The van der Waals surface area contributed by atoms with Gasteiger partial charge in [-0.3, -0.25) is 0 Å². The van der Waals surface area contributed by atoms with Gasteiger partial charge in [-0.2, -0.15) is 0 Å². The van der Waals surface area contributed by atoms with E-state index in [1.165, 1.54) is 13.2 Å². The minimum Gasteiger partial charge on any atom is -0.493 e. The molecule has 2 rings (SSSR count). The van der Waals surface area contributed by atoms with E-state index in [9.17, 15) is 4.39 Å². The van der Waals surface area contributed by atoms with E-state index in [0.717, 1.165) is 0 Å². The number of rotatable bonds is 4. The maximum absolute atomic E-state index is 13.6. The first-order chi connectivity index (χ1) is 9.10. The van der Waals surface area contributed by atoms with Crippen LogP contribution in [-0.2, 0) is 6.61 Å². The highest BCUT2D eigenvalue weighted by Crippen LogP contribution is 2.30. The zero-order valence-electron chi connectivity index (χ0n) is 10.3. The molecule has 0 saturated heterocycles. The van der Waals surface area contributed by atoms with E-state index in [-0.39, 0.29) is 6.61 Å². The highest BCUT2D eigenvalue weighted by molar-refractivity contribution is 6.30. The maximum Gasteiger partial charge on any atom is 0.163 e. The minimum absolute atomic E-state index is 0.0722. The molecule has 0 amide bonds. The van der Waals surface area contributed by atoms with Gasteiger partial charge in [-0.25, -0.2) is 4.39 Å². The van der Waals surface area contributed by atoms with E-state index >= 15 is 0 Å². The summed E-state index contributed by atoms with van der Waals surface area (Å²) >= 11 is 5.69. The van der Waals surface area contributed by atoms with Crippen LogP contribution in [0.15, 0.2) is 36.4 Å².